The maximum absolute atomic E-state index is 13.1. The summed E-state index contributed by atoms with van der Waals surface area (Å²) in [7, 11) is 0. The minimum Gasteiger partial charge on any atom is -0.452 e. The smallest absolute Gasteiger partial charge is 0.338 e. The Morgan fingerprint density at radius 3 is 1.97 bits per heavy atom. The molecule has 174 valence electrons. The van der Waals surface area contributed by atoms with Crippen molar-refractivity contribution in [1.29, 1.82) is 0 Å². The van der Waals surface area contributed by atoms with Gasteiger partial charge in [-0.15, -0.1) is 0 Å². The van der Waals surface area contributed by atoms with Crippen LogP contribution in [0.4, 0.5) is 5.69 Å². The maximum Gasteiger partial charge on any atom is 0.338 e. The Morgan fingerprint density at radius 1 is 0.818 bits per heavy atom. The van der Waals surface area contributed by atoms with Crippen LogP contribution in [0.2, 0.25) is 0 Å². The van der Waals surface area contributed by atoms with Gasteiger partial charge in [-0.25, -0.2) is 4.79 Å². The van der Waals surface area contributed by atoms with E-state index in [-0.39, 0.29) is 23.3 Å². The van der Waals surface area contributed by atoms with Gasteiger partial charge in [-0.2, -0.15) is 0 Å². The zero-order chi connectivity index (χ0) is 24.4. The molecule has 0 fully saturated rings. The summed E-state index contributed by atoms with van der Waals surface area (Å²) in [5.74, 6) is -0.723. The molecule has 0 bridgehead atoms. The molecule has 0 radical (unpaired) electrons. The number of hydrogen-bond donors (Lipinski definition) is 0. The molecular weight excluding hydrogens is 410 g/mol. The Bertz CT molecular complexity index is 1130. The predicted molar refractivity (Wildman–Crippen MR) is 136 cm³/mol. The third-order valence-electron chi connectivity index (χ3n) is 5.90. The van der Waals surface area contributed by atoms with Gasteiger partial charge in [0.2, 0.25) is 0 Å². The van der Waals surface area contributed by atoms with Crippen LogP contribution < -0.4 is 4.90 Å². The van der Waals surface area contributed by atoms with Crippen LogP contribution in [0.15, 0.2) is 60.7 Å². The summed E-state index contributed by atoms with van der Waals surface area (Å²) in [6.45, 7) is 14.8. The summed E-state index contributed by atoms with van der Waals surface area (Å²) >= 11 is 0. The third kappa shape index (κ3) is 5.62. The van der Waals surface area contributed by atoms with Crippen LogP contribution in [0.3, 0.4) is 0 Å². The van der Waals surface area contributed by atoms with E-state index in [1.807, 2.05) is 61.5 Å². The molecule has 3 aromatic rings. The van der Waals surface area contributed by atoms with Crippen molar-refractivity contribution in [3.05, 3.63) is 77.4 Å². The normalized spacial score (nSPS) is 12.0. The molecule has 0 atom stereocenters. The number of hydrogen-bond acceptors (Lipinski definition) is 3. The fourth-order valence-corrected chi connectivity index (χ4v) is 3.82. The highest BCUT2D eigenvalue weighted by Crippen LogP contribution is 2.31. The summed E-state index contributed by atoms with van der Waals surface area (Å²) in [5.41, 5.74) is 3.21. The van der Waals surface area contributed by atoms with Gasteiger partial charge in [-0.05, 0) is 52.5 Å². The van der Waals surface area contributed by atoms with E-state index in [0.717, 1.165) is 27.6 Å². The number of ether oxygens (including phenoxy) is 1. The second-order valence-corrected chi connectivity index (χ2v) is 10.5. The zero-order valence-corrected chi connectivity index (χ0v) is 20.9. The summed E-state index contributed by atoms with van der Waals surface area (Å²) in [6, 6.07) is 19.7. The van der Waals surface area contributed by atoms with E-state index in [0.29, 0.717) is 12.1 Å². The van der Waals surface area contributed by atoms with Crippen molar-refractivity contribution in [1.82, 2.24) is 0 Å². The summed E-state index contributed by atoms with van der Waals surface area (Å²) in [4.78, 5) is 27.7. The number of esters is 1. The molecule has 3 rings (SSSR count). The topological polar surface area (TPSA) is 46.6 Å². The predicted octanol–water partition coefficient (Wildman–Crippen LogP) is 6.64. The minimum absolute atomic E-state index is 0.112. The van der Waals surface area contributed by atoms with Crippen LogP contribution in [0.25, 0.3) is 10.8 Å². The van der Waals surface area contributed by atoms with Crippen LogP contribution >= 0.6 is 0 Å². The van der Waals surface area contributed by atoms with Gasteiger partial charge in [-0.3, -0.25) is 4.79 Å². The molecule has 0 saturated carbocycles. The van der Waals surface area contributed by atoms with E-state index in [1.165, 1.54) is 0 Å². The van der Waals surface area contributed by atoms with Crippen LogP contribution in [0, 0.1) is 0 Å². The lowest BCUT2D eigenvalue weighted by Crippen LogP contribution is -2.34. The van der Waals surface area contributed by atoms with Gasteiger partial charge in [0.1, 0.15) is 0 Å². The highest BCUT2D eigenvalue weighted by Gasteiger charge is 2.24. The van der Waals surface area contributed by atoms with Gasteiger partial charge < -0.3 is 9.64 Å². The molecule has 3 aromatic carbocycles. The Morgan fingerprint density at radius 2 is 1.39 bits per heavy atom. The summed E-state index contributed by atoms with van der Waals surface area (Å²) in [5, 5.41) is 2.06. The number of benzene rings is 3. The lowest BCUT2D eigenvalue weighted by molar-refractivity contribution is -0.121. The second-order valence-electron chi connectivity index (χ2n) is 10.5. The molecule has 0 spiro atoms. The van der Waals surface area contributed by atoms with Crippen molar-refractivity contribution in [3.63, 3.8) is 0 Å². The molecule has 0 heterocycles. The lowest BCUT2D eigenvalue weighted by Gasteiger charge is -2.26. The first-order valence-electron chi connectivity index (χ1n) is 11.5. The molecule has 0 aliphatic rings. The SMILES string of the molecule is CCN(C(=O)COC(=O)c1cc(C(C)(C)C)cc(C(C)(C)C)c1)c1cccc2ccccc12. The highest BCUT2D eigenvalue weighted by atomic mass is 16.5. The number of anilines is 1. The summed E-state index contributed by atoms with van der Waals surface area (Å²) < 4.78 is 5.51. The van der Waals surface area contributed by atoms with Gasteiger partial charge >= 0.3 is 5.97 Å². The number of carbonyl (C=O) groups excluding carboxylic acids is 2. The third-order valence-corrected chi connectivity index (χ3v) is 5.90. The summed E-state index contributed by atoms with van der Waals surface area (Å²) in [6.07, 6.45) is 0. The maximum atomic E-state index is 13.1. The molecule has 4 heteroatoms. The van der Waals surface area contributed by atoms with Crippen molar-refractivity contribution in [3.8, 4) is 0 Å². The number of fused-ring (bicyclic) bond motifs is 1. The molecule has 0 aliphatic heterocycles. The van der Waals surface area contributed by atoms with Crippen LogP contribution in [0.1, 0.15) is 70.0 Å². The first-order valence-corrected chi connectivity index (χ1v) is 11.5. The van der Waals surface area contributed by atoms with Gasteiger partial charge in [-0.1, -0.05) is 84.0 Å². The Kier molecular flexibility index (Phi) is 6.97. The molecule has 4 nitrogen and oxygen atoms in total. The van der Waals surface area contributed by atoms with Crippen molar-refractivity contribution in [2.45, 2.75) is 59.3 Å². The highest BCUT2D eigenvalue weighted by molar-refractivity contribution is 6.04. The van der Waals surface area contributed by atoms with Crippen LogP contribution in [0.5, 0.6) is 0 Å². The van der Waals surface area contributed by atoms with E-state index in [4.69, 9.17) is 4.74 Å². The number of likely N-dealkylation sites (N-methyl/N-ethyl adjacent to an activating group) is 1. The van der Waals surface area contributed by atoms with E-state index in [1.54, 1.807) is 4.90 Å². The number of amides is 1. The number of carbonyl (C=O) groups is 2. The fraction of sp³-hybridized carbons (Fsp3) is 0.379. The lowest BCUT2D eigenvalue weighted by atomic mass is 9.79. The average Bonchev–Trinajstić information content (AvgIpc) is 2.76. The van der Waals surface area contributed by atoms with Crippen molar-refractivity contribution >= 4 is 28.3 Å². The van der Waals surface area contributed by atoms with Gasteiger partial charge in [0.05, 0.1) is 11.3 Å². The first-order chi connectivity index (χ1) is 15.4. The molecule has 0 saturated heterocycles. The largest absolute Gasteiger partial charge is 0.452 e. The van der Waals surface area contributed by atoms with E-state index >= 15 is 0 Å². The van der Waals surface area contributed by atoms with E-state index in [9.17, 15) is 9.59 Å². The minimum atomic E-state index is -0.478. The van der Waals surface area contributed by atoms with Gasteiger partial charge in [0.25, 0.3) is 5.91 Å². The van der Waals surface area contributed by atoms with E-state index in [2.05, 4.69) is 47.6 Å². The van der Waals surface area contributed by atoms with Crippen molar-refractivity contribution in [2.24, 2.45) is 0 Å². The standard InChI is InChI=1S/C29H35NO3/c1-8-30(25-15-11-13-20-12-9-10-14-24(20)25)26(31)19-33-27(32)21-16-22(28(2,3)4)18-23(17-21)29(5,6)7/h9-18H,8,19H2,1-7H3. The Labute approximate surface area is 197 Å². The molecule has 0 aromatic heterocycles. The average molecular weight is 446 g/mol. The zero-order valence-electron chi connectivity index (χ0n) is 20.9. The van der Waals surface area contributed by atoms with Crippen LogP contribution in [-0.4, -0.2) is 25.0 Å². The molecule has 1 amide bonds. The van der Waals surface area contributed by atoms with Crippen molar-refractivity contribution < 1.29 is 14.3 Å². The van der Waals surface area contributed by atoms with Crippen LogP contribution in [-0.2, 0) is 20.4 Å². The molecular formula is C29H35NO3. The fourth-order valence-electron chi connectivity index (χ4n) is 3.82. The number of rotatable bonds is 5. The van der Waals surface area contributed by atoms with Gasteiger partial charge in [0.15, 0.2) is 6.61 Å². The van der Waals surface area contributed by atoms with Gasteiger partial charge in [0, 0.05) is 11.9 Å². The van der Waals surface area contributed by atoms with Crippen molar-refractivity contribution in [2.75, 3.05) is 18.1 Å². The quantitative estimate of drug-likeness (QED) is 0.413. The van der Waals surface area contributed by atoms with E-state index < -0.39 is 5.97 Å². The molecule has 0 N–H and O–H groups in total. The molecule has 0 unspecified atom stereocenters. The second kappa shape index (κ2) is 9.38. The molecule has 33 heavy (non-hydrogen) atoms. The monoisotopic (exact) mass is 445 g/mol. The Balaban J connectivity index is 1.83. The first kappa shape index (κ1) is 24.5. The Hall–Kier alpha value is -3.14. The number of nitrogens with zero attached hydrogens (tertiary/aromatic N) is 1. The molecule has 0 aliphatic carbocycles.